The van der Waals surface area contributed by atoms with Gasteiger partial charge in [-0.15, -0.1) is 0 Å². The zero-order valence-electron chi connectivity index (χ0n) is 14.0. The largest absolute Gasteiger partial charge is 0.347 e. The standard InChI is InChI=1S/C20H15FN2OS2/c1-2-22-12-13(16-8-3-4-9-17(16)22)10-18-19(24)23(20(25)26-18)15-7-5-6-14(21)11-15/h3-12H,2H2,1H3/b18-10+. The lowest BCUT2D eigenvalue weighted by molar-refractivity contribution is -0.113. The molecule has 0 saturated carbocycles. The Morgan fingerprint density at radius 2 is 2.00 bits per heavy atom. The molecular formula is C20H15FN2OS2. The molecule has 26 heavy (non-hydrogen) atoms. The molecule has 3 aromatic rings. The summed E-state index contributed by atoms with van der Waals surface area (Å²) in [5.41, 5.74) is 2.55. The van der Waals surface area contributed by atoms with Crippen molar-refractivity contribution >= 4 is 56.9 Å². The van der Waals surface area contributed by atoms with Gasteiger partial charge in [0.25, 0.3) is 5.91 Å². The number of thiocarbonyl (C=S) groups is 1. The van der Waals surface area contributed by atoms with Crippen LogP contribution in [-0.4, -0.2) is 14.8 Å². The Morgan fingerprint density at radius 1 is 1.19 bits per heavy atom. The molecule has 1 amide bonds. The lowest BCUT2D eigenvalue weighted by Crippen LogP contribution is -2.27. The van der Waals surface area contributed by atoms with E-state index >= 15 is 0 Å². The Kier molecular flexibility index (Phi) is 4.38. The van der Waals surface area contributed by atoms with Crippen molar-refractivity contribution in [3.63, 3.8) is 0 Å². The quantitative estimate of drug-likeness (QED) is 0.459. The average Bonchev–Trinajstić information content (AvgIpc) is 3.13. The van der Waals surface area contributed by atoms with E-state index in [9.17, 15) is 9.18 Å². The van der Waals surface area contributed by atoms with E-state index < -0.39 is 5.82 Å². The monoisotopic (exact) mass is 382 g/mol. The molecule has 0 spiro atoms. The molecule has 1 fully saturated rings. The van der Waals surface area contributed by atoms with Crippen LogP contribution in [0.1, 0.15) is 12.5 Å². The second-order valence-corrected chi connectivity index (χ2v) is 7.56. The lowest BCUT2D eigenvalue weighted by atomic mass is 10.1. The first-order valence-electron chi connectivity index (χ1n) is 8.20. The number of amides is 1. The number of halogens is 1. The van der Waals surface area contributed by atoms with Crippen LogP contribution in [0.5, 0.6) is 0 Å². The highest BCUT2D eigenvalue weighted by Crippen LogP contribution is 2.37. The van der Waals surface area contributed by atoms with Crippen molar-refractivity contribution in [3.05, 3.63) is 71.0 Å². The first-order valence-corrected chi connectivity index (χ1v) is 9.42. The van der Waals surface area contributed by atoms with Crippen LogP contribution in [0.2, 0.25) is 0 Å². The van der Waals surface area contributed by atoms with Gasteiger partial charge in [-0.1, -0.05) is 48.2 Å². The molecule has 2 aromatic carbocycles. The molecule has 0 atom stereocenters. The van der Waals surface area contributed by atoms with Crippen molar-refractivity contribution in [2.75, 3.05) is 4.90 Å². The summed E-state index contributed by atoms with van der Waals surface area (Å²) in [6, 6.07) is 14.0. The van der Waals surface area contributed by atoms with Crippen LogP contribution in [0.3, 0.4) is 0 Å². The van der Waals surface area contributed by atoms with Gasteiger partial charge < -0.3 is 4.57 Å². The average molecular weight is 382 g/mol. The summed E-state index contributed by atoms with van der Waals surface area (Å²) >= 11 is 6.60. The summed E-state index contributed by atoms with van der Waals surface area (Å²) < 4.78 is 16.1. The fraction of sp³-hybridized carbons (Fsp3) is 0.100. The highest BCUT2D eigenvalue weighted by Gasteiger charge is 2.33. The first kappa shape index (κ1) is 17.0. The number of aromatic nitrogens is 1. The van der Waals surface area contributed by atoms with Gasteiger partial charge in [-0.2, -0.15) is 0 Å². The van der Waals surface area contributed by atoms with E-state index in [1.54, 1.807) is 12.1 Å². The number of hydrogen-bond acceptors (Lipinski definition) is 3. The number of rotatable bonds is 3. The number of thioether (sulfide) groups is 1. The van der Waals surface area contributed by atoms with Crippen LogP contribution in [0.4, 0.5) is 10.1 Å². The predicted octanol–water partition coefficient (Wildman–Crippen LogP) is 5.21. The van der Waals surface area contributed by atoms with E-state index in [-0.39, 0.29) is 5.91 Å². The van der Waals surface area contributed by atoms with Crippen molar-refractivity contribution < 1.29 is 9.18 Å². The maximum absolute atomic E-state index is 13.5. The van der Waals surface area contributed by atoms with Gasteiger partial charge in [-0.3, -0.25) is 9.69 Å². The molecule has 0 unspecified atom stereocenters. The molecule has 3 nitrogen and oxygen atoms in total. The van der Waals surface area contributed by atoms with Gasteiger partial charge in [0, 0.05) is 29.2 Å². The topological polar surface area (TPSA) is 25.2 Å². The van der Waals surface area contributed by atoms with Gasteiger partial charge in [0.2, 0.25) is 0 Å². The number of benzene rings is 2. The lowest BCUT2D eigenvalue weighted by Gasteiger charge is -2.14. The summed E-state index contributed by atoms with van der Waals surface area (Å²) in [5, 5.41) is 1.09. The number of hydrogen-bond donors (Lipinski definition) is 0. The zero-order valence-corrected chi connectivity index (χ0v) is 15.6. The molecule has 1 saturated heterocycles. The van der Waals surface area contributed by atoms with Gasteiger partial charge in [-0.25, -0.2) is 4.39 Å². The summed E-state index contributed by atoms with van der Waals surface area (Å²) in [7, 11) is 0. The van der Waals surface area contributed by atoms with Crippen LogP contribution in [0.15, 0.2) is 59.6 Å². The number of nitrogens with zero attached hydrogens (tertiary/aromatic N) is 2. The smallest absolute Gasteiger partial charge is 0.270 e. The summed E-state index contributed by atoms with van der Waals surface area (Å²) in [6.45, 7) is 2.93. The maximum Gasteiger partial charge on any atom is 0.270 e. The summed E-state index contributed by atoms with van der Waals surface area (Å²) in [6.07, 6.45) is 3.91. The number of fused-ring (bicyclic) bond motifs is 1. The van der Waals surface area contributed by atoms with Crippen LogP contribution in [0, 0.1) is 5.82 Å². The third kappa shape index (κ3) is 2.85. The number of para-hydroxylation sites is 1. The Morgan fingerprint density at radius 3 is 2.77 bits per heavy atom. The predicted molar refractivity (Wildman–Crippen MR) is 110 cm³/mol. The van der Waals surface area contributed by atoms with Crippen molar-refractivity contribution in [1.29, 1.82) is 0 Å². The van der Waals surface area contributed by atoms with Crippen LogP contribution in [0.25, 0.3) is 17.0 Å². The van der Waals surface area contributed by atoms with Gasteiger partial charge in [0.05, 0.1) is 10.6 Å². The number of carbonyl (C=O) groups is 1. The SMILES string of the molecule is CCn1cc(/C=C2/SC(=S)N(c3cccc(F)c3)C2=O)c2ccccc21. The van der Waals surface area contributed by atoms with Crippen LogP contribution >= 0.6 is 24.0 Å². The number of anilines is 1. The molecule has 0 aliphatic carbocycles. The Bertz CT molecular complexity index is 1070. The highest BCUT2D eigenvalue weighted by atomic mass is 32.2. The normalized spacial score (nSPS) is 16.2. The minimum absolute atomic E-state index is 0.223. The van der Waals surface area contributed by atoms with Crippen molar-refractivity contribution in [1.82, 2.24) is 4.57 Å². The molecule has 1 aliphatic rings. The molecule has 1 aliphatic heterocycles. The number of aryl methyl sites for hydroxylation is 1. The second kappa shape index (κ2) is 6.70. The number of carbonyl (C=O) groups excluding carboxylic acids is 1. The molecule has 0 bridgehead atoms. The molecule has 2 heterocycles. The van der Waals surface area contributed by atoms with E-state index in [1.807, 2.05) is 30.5 Å². The summed E-state index contributed by atoms with van der Waals surface area (Å²) in [5.74, 6) is -0.620. The fourth-order valence-corrected chi connectivity index (χ4v) is 4.39. The molecule has 130 valence electrons. The second-order valence-electron chi connectivity index (χ2n) is 5.88. The highest BCUT2D eigenvalue weighted by molar-refractivity contribution is 8.27. The minimum Gasteiger partial charge on any atom is -0.347 e. The fourth-order valence-electron chi connectivity index (χ4n) is 3.10. The van der Waals surface area contributed by atoms with E-state index in [2.05, 4.69) is 17.6 Å². The molecule has 0 N–H and O–H groups in total. The van der Waals surface area contributed by atoms with E-state index in [0.717, 1.165) is 23.0 Å². The van der Waals surface area contributed by atoms with Gasteiger partial charge in [-0.05, 0) is 37.3 Å². The molecular weight excluding hydrogens is 367 g/mol. The Balaban J connectivity index is 1.76. The van der Waals surface area contributed by atoms with Gasteiger partial charge in [0.15, 0.2) is 4.32 Å². The van der Waals surface area contributed by atoms with Crippen molar-refractivity contribution in [3.8, 4) is 0 Å². The summed E-state index contributed by atoms with van der Waals surface area (Å²) in [4.78, 5) is 14.8. The third-order valence-corrected chi connectivity index (χ3v) is 5.61. The Hall–Kier alpha value is -2.44. The van der Waals surface area contributed by atoms with Crippen molar-refractivity contribution in [2.24, 2.45) is 0 Å². The zero-order chi connectivity index (χ0) is 18.3. The van der Waals surface area contributed by atoms with Gasteiger partial charge in [0.1, 0.15) is 5.82 Å². The van der Waals surface area contributed by atoms with E-state index in [4.69, 9.17) is 12.2 Å². The van der Waals surface area contributed by atoms with Crippen LogP contribution < -0.4 is 4.90 Å². The maximum atomic E-state index is 13.5. The van der Waals surface area contributed by atoms with Gasteiger partial charge >= 0.3 is 0 Å². The third-order valence-electron chi connectivity index (χ3n) is 4.31. The minimum atomic E-state index is -0.397. The van der Waals surface area contributed by atoms with E-state index in [0.29, 0.717) is 14.9 Å². The van der Waals surface area contributed by atoms with Crippen molar-refractivity contribution in [2.45, 2.75) is 13.5 Å². The molecule has 1 aromatic heterocycles. The molecule has 0 radical (unpaired) electrons. The Labute approximate surface area is 160 Å². The molecule has 4 rings (SSSR count). The van der Waals surface area contributed by atoms with E-state index in [1.165, 1.54) is 28.8 Å². The van der Waals surface area contributed by atoms with Crippen LogP contribution in [-0.2, 0) is 11.3 Å². The first-order chi connectivity index (χ1) is 12.6. The molecule has 6 heteroatoms.